The third kappa shape index (κ3) is 5.14. The number of amides is 1. The molecule has 1 atom stereocenters. The van der Waals surface area contributed by atoms with E-state index in [1.54, 1.807) is 27.4 Å². The van der Waals surface area contributed by atoms with E-state index in [9.17, 15) is 9.59 Å². The maximum absolute atomic E-state index is 12.9. The summed E-state index contributed by atoms with van der Waals surface area (Å²) >= 11 is 0. The van der Waals surface area contributed by atoms with Gasteiger partial charge in [0.1, 0.15) is 5.75 Å². The first-order chi connectivity index (χ1) is 15.0. The summed E-state index contributed by atoms with van der Waals surface area (Å²) in [5, 5.41) is 14.9. The topological polar surface area (TPSA) is 97.7 Å². The van der Waals surface area contributed by atoms with Crippen LogP contribution in [0, 0.1) is 0 Å². The third-order valence-electron chi connectivity index (χ3n) is 5.16. The Kier molecular flexibility index (Phi) is 7.12. The minimum atomic E-state index is -0.921. The second-order valence-corrected chi connectivity index (χ2v) is 7.10. The van der Waals surface area contributed by atoms with Crippen LogP contribution in [0.1, 0.15) is 42.9 Å². The molecule has 0 unspecified atom stereocenters. The second kappa shape index (κ2) is 9.97. The Labute approximate surface area is 181 Å². The summed E-state index contributed by atoms with van der Waals surface area (Å²) in [5.74, 6) is 0.781. The van der Waals surface area contributed by atoms with Gasteiger partial charge in [0.05, 0.1) is 33.1 Å². The van der Waals surface area contributed by atoms with Gasteiger partial charge in [-0.15, -0.1) is 0 Å². The molecule has 0 spiro atoms. The Morgan fingerprint density at radius 3 is 2.32 bits per heavy atom. The Morgan fingerprint density at radius 1 is 1.00 bits per heavy atom. The average Bonchev–Trinajstić information content (AvgIpc) is 3.24. The van der Waals surface area contributed by atoms with E-state index in [4.69, 9.17) is 19.3 Å². The van der Waals surface area contributed by atoms with Crippen molar-refractivity contribution in [3.63, 3.8) is 0 Å². The molecule has 0 aliphatic carbocycles. The zero-order chi connectivity index (χ0) is 22.4. The van der Waals surface area contributed by atoms with Gasteiger partial charge in [0, 0.05) is 24.8 Å². The number of carbonyl (C=O) groups is 2. The number of hydrogen-bond acceptors (Lipinski definition) is 6. The maximum Gasteiger partial charge on any atom is 0.303 e. The second-order valence-electron chi connectivity index (χ2n) is 7.10. The predicted molar refractivity (Wildman–Crippen MR) is 115 cm³/mol. The summed E-state index contributed by atoms with van der Waals surface area (Å²) in [7, 11) is 4.74. The molecule has 1 aliphatic rings. The van der Waals surface area contributed by atoms with Gasteiger partial charge in [0.2, 0.25) is 5.91 Å². The quantitative estimate of drug-likeness (QED) is 0.657. The lowest BCUT2D eigenvalue weighted by Gasteiger charge is -2.22. The lowest BCUT2D eigenvalue weighted by molar-refractivity contribution is -0.137. The molecular weight excluding hydrogens is 400 g/mol. The number of hydrogen-bond donors (Lipinski definition) is 1. The number of carbonyl (C=O) groups excluding carboxylic acids is 1. The Morgan fingerprint density at radius 2 is 1.71 bits per heavy atom. The van der Waals surface area contributed by atoms with Gasteiger partial charge in [-0.1, -0.05) is 12.1 Å². The number of ether oxygens (including phenoxy) is 3. The van der Waals surface area contributed by atoms with Crippen molar-refractivity contribution in [2.24, 2.45) is 5.10 Å². The van der Waals surface area contributed by atoms with Crippen molar-refractivity contribution in [1.82, 2.24) is 5.01 Å². The molecule has 2 aromatic carbocycles. The van der Waals surface area contributed by atoms with Crippen molar-refractivity contribution in [3.8, 4) is 17.2 Å². The summed E-state index contributed by atoms with van der Waals surface area (Å²) < 4.78 is 15.9. The first-order valence-electron chi connectivity index (χ1n) is 9.94. The molecular formula is C23H26N2O6. The van der Waals surface area contributed by atoms with Crippen LogP contribution >= 0.6 is 0 Å². The highest BCUT2D eigenvalue weighted by Gasteiger charge is 2.33. The molecule has 0 radical (unpaired) electrons. The van der Waals surface area contributed by atoms with E-state index < -0.39 is 5.97 Å². The van der Waals surface area contributed by atoms with E-state index >= 15 is 0 Å². The van der Waals surface area contributed by atoms with Crippen molar-refractivity contribution < 1.29 is 28.9 Å². The van der Waals surface area contributed by atoms with Crippen LogP contribution in [0.2, 0.25) is 0 Å². The van der Waals surface area contributed by atoms with E-state index in [1.807, 2.05) is 36.4 Å². The average molecular weight is 426 g/mol. The fraction of sp³-hybridized carbons (Fsp3) is 0.348. The largest absolute Gasteiger partial charge is 0.497 e. The van der Waals surface area contributed by atoms with Crippen molar-refractivity contribution in [1.29, 1.82) is 0 Å². The van der Waals surface area contributed by atoms with Crippen LogP contribution in [-0.2, 0) is 9.59 Å². The fourth-order valence-electron chi connectivity index (χ4n) is 3.52. The highest BCUT2D eigenvalue weighted by Crippen LogP contribution is 2.36. The molecule has 1 aliphatic heterocycles. The van der Waals surface area contributed by atoms with Crippen LogP contribution in [0.3, 0.4) is 0 Å². The van der Waals surface area contributed by atoms with Crippen molar-refractivity contribution in [2.45, 2.75) is 31.7 Å². The molecule has 8 nitrogen and oxygen atoms in total. The van der Waals surface area contributed by atoms with E-state index in [0.29, 0.717) is 17.9 Å². The minimum Gasteiger partial charge on any atom is -0.497 e. The van der Waals surface area contributed by atoms with Gasteiger partial charge in [-0.2, -0.15) is 5.10 Å². The van der Waals surface area contributed by atoms with Crippen LogP contribution in [0.25, 0.3) is 0 Å². The molecule has 0 saturated heterocycles. The molecule has 1 N–H and O–H groups in total. The van der Waals surface area contributed by atoms with Crippen molar-refractivity contribution in [3.05, 3.63) is 53.6 Å². The van der Waals surface area contributed by atoms with Crippen LogP contribution in [0.15, 0.2) is 47.6 Å². The van der Waals surface area contributed by atoms with Crippen LogP contribution in [0.5, 0.6) is 17.2 Å². The number of carboxylic acids is 1. The SMILES string of the molecule is COc1ccc([C@@H]2CC(c3ccc(OC)c(OC)c3)=NN2C(=O)CCCC(=O)O)cc1. The van der Waals surface area contributed by atoms with E-state index in [0.717, 1.165) is 22.6 Å². The molecule has 164 valence electrons. The minimum absolute atomic E-state index is 0.0565. The number of rotatable bonds is 9. The van der Waals surface area contributed by atoms with Gasteiger partial charge in [-0.3, -0.25) is 9.59 Å². The van der Waals surface area contributed by atoms with Gasteiger partial charge in [0.15, 0.2) is 11.5 Å². The zero-order valence-corrected chi connectivity index (χ0v) is 17.8. The first kappa shape index (κ1) is 22.1. The number of hydrazone groups is 1. The summed E-state index contributed by atoms with van der Waals surface area (Å²) in [5.41, 5.74) is 2.50. The van der Waals surface area contributed by atoms with Gasteiger partial charge >= 0.3 is 5.97 Å². The summed E-state index contributed by atoms with van der Waals surface area (Å²) in [6, 6.07) is 12.7. The van der Waals surface area contributed by atoms with Gasteiger partial charge in [0.25, 0.3) is 0 Å². The Balaban J connectivity index is 1.90. The molecule has 31 heavy (non-hydrogen) atoms. The van der Waals surface area contributed by atoms with Crippen molar-refractivity contribution >= 4 is 17.6 Å². The number of aliphatic carboxylic acids is 1. The lowest BCUT2D eigenvalue weighted by atomic mass is 9.98. The Bertz CT molecular complexity index is 971. The van der Waals surface area contributed by atoms with E-state index in [1.165, 1.54) is 5.01 Å². The maximum atomic E-state index is 12.9. The fourth-order valence-corrected chi connectivity index (χ4v) is 3.52. The third-order valence-corrected chi connectivity index (χ3v) is 5.16. The number of carboxylic acid groups (broad SMARTS) is 1. The highest BCUT2D eigenvalue weighted by molar-refractivity contribution is 6.03. The van der Waals surface area contributed by atoms with Gasteiger partial charge in [-0.25, -0.2) is 5.01 Å². The van der Waals surface area contributed by atoms with E-state index in [2.05, 4.69) is 5.10 Å². The van der Waals surface area contributed by atoms with Gasteiger partial charge in [-0.05, 0) is 42.3 Å². The summed E-state index contributed by atoms with van der Waals surface area (Å²) in [4.78, 5) is 23.7. The molecule has 0 fully saturated rings. The monoisotopic (exact) mass is 426 g/mol. The smallest absolute Gasteiger partial charge is 0.303 e. The molecule has 2 aromatic rings. The summed E-state index contributed by atoms with van der Waals surface area (Å²) in [6.45, 7) is 0. The highest BCUT2D eigenvalue weighted by atomic mass is 16.5. The first-order valence-corrected chi connectivity index (χ1v) is 9.94. The number of benzene rings is 2. The molecule has 8 heteroatoms. The normalized spacial score (nSPS) is 15.4. The van der Waals surface area contributed by atoms with Crippen LogP contribution in [-0.4, -0.2) is 49.0 Å². The Hall–Kier alpha value is -3.55. The zero-order valence-electron chi connectivity index (χ0n) is 17.8. The predicted octanol–water partition coefficient (Wildman–Crippen LogP) is 3.65. The lowest BCUT2D eigenvalue weighted by Crippen LogP contribution is -2.27. The summed E-state index contributed by atoms with van der Waals surface area (Å²) in [6.07, 6.45) is 0.842. The number of nitrogens with zero attached hydrogens (tertiary/aromatic N) is 2. The molecule has 1 heterocycles. The van der Waals surface area contributed by atoms with Crippen molar-refractivity contribution in [2.75, 3.05) is 21.3 Å². The van der Waals surface area contributed by atoms with Gasteiger partial charge < -0.3 is 19.3 Å². The molecule has 1 amide bonds. The van der Waals surface area contributed by atoms with E-state index in [-0.39, 0.29) is 31.2 Å². The number of methoxy groups -OCH3 is 3. The standard InChI is InChI=1S/C23H26N2O6/c1-29-17-10-7-15(8-11-17)19-14-18(16-9-12-20(30-2)21(13-16)31-3)24-25(19)22(26)5-4-6-23(27)28/h7-13,19H,4-6,14H2,1-3H3,(H,27,28)/t19-/m0/s1. The molecule has 0 aromatic heterocycles. The molecule has 0 saturated carbocycles. The molecule has 0 bridgehead atoms. The van der Waals surface area contributed by atoms with Crippen LogP contribution < -0.4 is 14.2 Å². The molecule has 3 rings (SSSR count). The van der Waals surface area contributed by atoms with Crippen LogP contribution in [0.4, 0.5) is 0 Å².